The molecule has 0 bridgehead atoms. The number of hydrogen-bond donors (Lipinski definition) is 1. The number of carboxylic acids is 1. The fourth-order valence-corrected chi connectivity index (χ4v) is 1.70. The van der Waals surface area contributed by atoms with Crippen molar-refractivity contribution >= 4 is 17.6 Å². The van der Waals surface area contributed by atoms with Crippen LogP contribution in [0.25, 0.3) is 0 Å². The second kappa shape index (κ2) is 5.92. The third kappa shape index (κ3) is 3.17. The number of aliphatic carboxylic acids is 1. The second-order valence-corrected chi connectivity index (χ2v) is 4.01. The van der Waals surface area contributed by atoms with Crippen LogP contribution in [-0.4, -0.2) is 28.5 Å². The van der Waals surface area contributed by atoms with Crippen LogP contribution >= 0.6 is 0 Å². The number of carboxylic acid groups (broad SMARTS) is 1. The third-order valence-electron chi connectivity index (χ3n) is 2.57. The summed E-state index contributed by atoms with van der Waals surface area (Å²) < 4.78 is 13.2. The van der Waals surface area contributed by atoms with E-state index in [4.69, 9.17) is 5.11 Å². The summed E-state index contributed by atoms with van der Waals surface area (Å²) in [5, 5.41) is 8.91. The highest BCUT2D eigenvalue weighted by Crippen LogP contribution is 2.18. The average molecular weight is 274 g/mol. The minimum atomic E-state index is -1.19. The molecule has 5 nitrogen and oxygen atoms in total. The molecule has 0 saturated heterocycles. The molecule has 2 aromatic rings. The first-order chi connectivity index (χ1) is 9.58. The maximum atomic E-state index is 13.2. The minimum Gasteiger partial charge on any atom is -0.480 e. The average Bonchev–Trinajstić information content (AvgIpc) is 2.45. The lowest BCUT2D eigenvalue weighted by molar-refractivity contribution is -0.135. The molecule has 0 aliphatic heterocycles. The van der Waals surface area contributed by atoms with Crippen LogP contribution in [0.15, 0.2) is 48.8 Å². The second-order valence-electron chi connectivity index (χ2n) is 4.01. The van der Waals surface area contributed by atoms with Gasteiger partial charge in [0.1, 0.15) is 12.4 Å². The normalized spacial score (nSPS) is 10.1. The van der Waals surface area contributed by atoms with Gasteiger partial charge in [-0.3, -0.25) is 19.5 Å². The van der Waals surface area contributed by atoms with Gasteiger partial charge in [0.05, 0.1) is 5.56 Å². The fourth-order valence-electron chi connectivity index (χ4n) is 1.70. The summed E-state index contributed by atoms with van der Waals surface area (Å²) in [6.45, 7) is -0.558. The number of anilines is 1. The number of benzene rings is 1. The number of carbonyl (C=O) groups is 2. The number of carbonyl (C=O) groups excluding carboxylic acids is 1. The molecule has 6 heteroatoms. The molecule has 1 aromatic heterocycles. The molecule has 1 heterocycles. The quantitative estimate of drug-likeness (QED) is 0.925. The number of amides is 1. The zero-order chi connectivity index (χ0) is 14.5. The van der Waals surface area contributed by atoms with Crippen LogP contribution in [0.2, 0.25) is 0 Å². The predicted molar refractivity (Wildman–Crippen MR) is 69.9 cm³/mol. The summed E-state index contributed by atoms with van der Waals surface area (Å²) in [5.74, 6) is -2.28. The number of aromatic nitrogens is 1. The molecule has 1 aromatic carbocycles. The van der Waals surface area contributed by atoms with E-state index >= 15 is 0 Å². The van der Waals surface area contributed by atoms with Crippen molar-refractivity contribution in [2.75, 3.05) is 11.4 Å². The van der Waals surface area contributed by atoms with E-state index in [0.29, 0.717) is 0 Å². The maximum absolute atomic E-state index is 13.2. The van der Waals surface area contributed by atoms with E-state index in [1.807, 2.05) is 0 Å². The fraction of sp³-hybridized carbons (Fsp3) is 0.0714. The Morgan fingerprint density at radius 1 is 1.25 bits per heavy atom. The Bertz CT molecular complexity index is 631. The lowest BCUT2D eigenvalue weighted by Crippen LogP contribution is -2.35. The van der Waals surface area contributed by atoms with Crippen molar-refractivity contribution < 1.29 is 19.1 Å². The SMILES string of the molecule is O=C(O)CN(C(=O)c1cccnc1)c1cccc(F)c1. The van der Waals surface area contributed by atoms with Gasteiger partial charge in [-0.25, -0.2) is 4.39 Å². The van der Waals surface area contributed by atoms with Gasteiger partial charge in [0.2, 0.25) is 0 Å². The minimum absolute atomic E-state index is 0.182. The lowest BCUT2D eigenvalue weighted by atomic mass is 10.2. The van der Waals surface area contributed by atoms with Gasteiger partial charge in [-0.15, -0.1) is 0 Å². The third-order valence-corrected chi connectivity index (χ3v) is 2.57. The van der Waals surface area contributed by atoms with Crippen LogP contribution in [0.1, 0.15) is 10.4 Å². The molecule has 0 radical (unpaired) electrons. The van der Waals surface area contributed by atoms with Gasteiger partial charge < -0.3 is 5.11 Å². The first-order valence-corrected chi connectivity index (χ1v) is 5.77. The smallest absolute Gasteiger partial charge is 0.323 e. The molecule has 1 N–H and O–H groups in total. The molecule has 1 amide bonds. The first kappa shape index (κ1) is 13.7. The monoisotopic (exact) mass is 274 g/mol. The van der Waals surface area contributed by atoms with Crippen molar-refractivity contribution in [1.82, 2.24) is 4.98 Å². The van der Waals surface area contributed by atoms with Crippen molar-refractivity contribution in [3.8, 4) is 0 Å². The molecule has 0 aliphatic rings. The van der Waals surface area contributed by atoms with E-state index in [1.165, 1.54) is 36.7 Å². The number of rotatable bonds is 4. The Hall–Kier alpha value is -2.76. The Kier molecular flexibility index (Phi) is 4.05. The van der Waals surface area contributed by atoms with E-state index in [1.54, 1.807) is 6.07 Å². The number of nitrogens with zero attached hydrogens (tertiary/aromatic N) is 2. The standard InChI is InChI=1S/C14H11FN2O3/c15-11-4-1-5-12(7-11)17(9-13(18)19)14(20)10-3-2-6-16-8-10/h1-8H,9H2,(H,18,19). The van der Waals surface area contributed by atoms with Gasteiger partial charge in [-0.2, -0.15) is 0 Å². The summed E-state index contributed by atoms with van der Waals surface area (Å²) in [4.78, 5) is 28.0. The molecule has 0 unspecified atom stereocenters. The molecular formula is C14H11FN2O3. The highest BCUT2D eigenvalue weighted by Gasteiger charge is 2.20. The van der Waals surface area contributed by atoms with Crippen LogP contribution in [0.4, 0.5) is 10.1 Å². The van der Waals surface area contributed by atoms with Crippen LogP contribution < -0.4 is 4.90 Å². The zero-order valence-electron chi connectivity index (χ0n) is 10.4. The van der Waals surface area contributed by atoms with E-state index in [9.17, 15) is 14.0 Å². The Morgan fingerprint density at radius 3 is 2.65 bits per heavy atom. The van der Waals surface area contributed by atoms with Crippen molar-refractivity contribution in [1.29, 1.82) is 0 Å². The first-order valence-electron chi connectivity index (χ1n) is 5.77. The molecule has 0 atom stereocenters. The summed E-state index contributed by atoms with van der Waals surface area (Å²) in [7, 11) is 0. The Balaban J connectivity index is 2.38. The molecule has 2 rings (SSSR count). The highest BCUT2D eigenvalue weighted by molar-refractivity contribution is 6.07. The van der Waals surface area contributed by atoms with E-state index in [-0.39, 0.29) is 11.3 Å². The molecule has 0 fully saturated rings. The van der Waals surface area contributed by atoms with Crippen LogP contribution in [0.3, 0.4) is 0 Å². The summed E-state index contributed by atoms with van der Waals surface area (Å²) in [6.07, 6.45) is 2.83. The van der Waals surface area contributed by atoms with Gasteiger partial charge in [0.25, 0.3) is 5.91 Å². The van der Waals surface area contributed by atoms with Crippen LogP contribution in [0, 0.1) is 5.82 Å². The van der Waals surface area contributed by atoms with Crippen molar-refractivity contribution in [3.05, 3.63) is 60.2 Å². The molecular weight excluding hydrogens is 263 g/mol. The predicted octanol–water partition coefficient (Wildman–Crippen LogP) is 1.95. The molecule has 20 heavy (non-hydrogen) atoms. The van der Waals surface area contributed by atoms with Crippen molar-refractivity contribution in [2.24, 2.45) is 0 Å². The molecule has 0 aliphatic carbocycles. The van der Waals surface area contributed by atoms with Gasteiger partial charge in [-0.05, 0) is 30.3 Å². The van der Waals surface area contributed by atoms with Gasteiger partial charge in [0, 0.05) is 18.1 Å². The van der Waals surface area contributed by atoms with Gasteiger partial charge in [-0.1, -0.05) is 6.07 Å². The van der Waals surface area contributed by atoms with Crippen LogP contribution in [0.5, 0.6) is 0 Å². The van der Waals surface area contributed by atoms with Crippen molar-refractivity contribution in [3.63, 3.8) is 0 Å². The summed E-state index contributed by atoms with van der Waals surface area (Å²) >= 11 is 0. The molecule has 102 valence electrons. The van der Waals surface area contributed by atoms with Crippen molar-refractivity contribution in [2.45, 2.75) is 0 Å². The lowest BCUT2D eigenvalue weighted by Gasteiger charge is -2.20. The molecule has 0 spiro atoms. The Labute approximate surface area is 114 Å². The summed E-state index contributed by atoms with van der Waals surface area (Å²) in [5.41, 5.74) is 0.416. The van der Waals surface area contributed by atoms with Crippen LogP contribution in [-0.2, 0) is 4.79 Å². The zero-order valence-corrected chi connectivity index (χ0v) is 10.4. The van der Waals surface area contributed by atoms with Gasteiger partial charge >= 0.3 is 5.97 Å². The largest absolute Gasteiger partial charge is 0.480 e. The van der Waals surface area contributed by atoms with E-state index < -0.39 is 24.2 Å². The topological polar surface area (TPSA) is 70.5 Å². The number of pyridine rings is 1. The maximum Gasteiger partial charge on any atom is 0.323 e. The Morgan fingerprint density at radius 2 is 2.05 bits per heavy atom. The molecule has 0 saturated carbocycles. The summed E-state index contributed by atoms with van der Waals surface area (Å²) in [6, 6.07) is 8.30. The number of hydrogen-bond acceptors (Lipinski definition) is 3. The van der Waals surface area contributed by atoms with Gasteiger partial charge in [0.15, 0.2) is 0 Å². The van der Waals surface area contributed by atoms with E-state index in [0.717, 1.165) is 11.0 Å². The van der Waals surface area contributed by atoms with E-state index in [2.05, 4.69) is 4.98 Å². The highest BCUT2D eigenvalue weighted by atomic mass is 19.1. The number of halogens is 1.